The van der Waals surface area contributed by atoms with Gasteiger partial charge in [0.15, 0.2) is 0 Å². The molecule has 0 bridgehead atoms. The summed E-state index contributed by atoms with van der Waals surface area (Å²) in [6.45, 7) is 8.77. The summed E-state index contributed by atoms with van der Waals surface area (Å²) < 4.78 is 5.49. The van der Waals surface area contributed by atoms with Crippen molar-refractivity contribution in [3.05, 3.63) is 23.8 Å². The molecule has 1 fully saturated rings. The highest BCUT2D eigenvalue weighted by Crippen LogP contribution is 2.31. The molecule has 0 aliphatic carbocycles. The lowest BCUT2D eigenvalue weighted by atomic mass is 10.0. The Morgan fingerprint density at radius 3 is 2.53 bits per heavy atom. The molecule has 2 rings (SSSR count). The molecule has 1 aromatic carbocycles. The highest BCUT2D eigenvalue weighted by Gasteiger charge is 2.21. The summed E-state index contributed by atoms with van der Waals surface area (Å²) in [5.41, 5.74) is 2.53. The van der Waals surface area contributed by atoms with Gasteiger partial charge in [0, 0.05) is 25.2 Å². The number of nitrogens with zero attached hydrogens (tertiary/aromatic N) is 1. The first-order chi connectivity index (χ1) is 9.10. The van der Waals surface area contributed by atoms with Gasteiger partial charge in [-0.05, 0) is 37.5 Å². The molecular formula is C16H26N2O. The van der Waals surface area contributed by atoms with Gasteiger partial charge in [0.1, 0.15) is 5.75 Å². The fourth-order valence-corrected chi connectivity index (χ4v) is 2.81. The summed E-state index contributed by atoms with van der Waals surface area (Å²) in [5.74, 6) is 0.987. The van der Waals surface area contributed by atoms with Crippen LogP contribution in [0.4, 0.5) is 5.69 Å². The Morgan fingerprint density at radius 1 is 1.26 bits per heavy atom. The summed E-state index contributed by atoms with van der Waals surface area (Å²) in [4.78, 5) is 2.45. The van der Waals surface area contributed by atoms with Crippen molar-refractivity contribution < 1.29 is 4.74 Å². The predicted octanol–water partition coefficient (Wildman–Crippen LogP) is 2.97. The van der Waals surface area contributed by atoms with Crippen molar-refractivity contribution in [2.45, 2.75) is 45.7 Å². The van der Waals surface area contributed by atoms with E-state index in [0.29, 0.717) is 12.1 Å². The Morgan fingerprint density at radius 2 is 1.95 bits per heavy atom. The van der Waals surface area contributed by atoms with E-state index in [4.69, 9.17) is 4.74 Å². The quantitative estimate of drug-likeness (QED) is 0.903. The monoisotopic (exact) mass is 262 g/mol. The van der Waals surface area contributed by atoms with Gasteiger partial charge in [-0.1, -0.05) is 19.9 Å². The molecule has 0 aromatic heterocycles. The Balaban J connectivity index is 2.03. The maximum Gasteiger partial charge on any atom is 0.142 e. The standard InChI is InChI=1S/C16H26N2O/c1-12(2)17-14-7-9-18(10-8-14)15-11-13(3)5-6-16(15)19-4/h5-6,11-12,14,17H,7-10H2,1-4H3. The van der Waals surface area contributed by atoms with Crippen LogP contribution in [0.3, 0.4) is 0 Å². The minimum Gasteiger partial charge on any atom is -0.495 e. The SMILES string of the molecule is COc1ccc(C)cc1N1CCC(NC(C)C)CC1. The minimum absolute atomic E-state index is 0.574. The predicted molar refractivity (Wildman–Crippen MR) is 81.2 cm³/mol. The number of hydrogen-bond acceptors (Lipinski definition) is 3. The molecule has 1 N–H and O–H groups in total. The second-order valence-corrected chi connectivity index (χ2v) is 5.76. The summed E-state index contributed by atoms with van der Waals surface area (Å²) in [5, 5.41) is 3.64. The first kappa shape index (κ1) is 14.2. The van der Waals surface area contributed by atoms with Gasteiger partial charge in [0.2, 0.25) is 0 Å². The van der Waals surface area contributed by atoms with Crippen LogP contribution in [0.2, 0.25) is 0 Å². The fourth-order valence-electron chi connectivity index (χ4n) is 2.81. The van der Waals surface area contributed by atoms with E-state index < -0.39 is 0 Å². The van der Waals surface area contributed by atoms with Crippen LogP contribution in [0.15, 0.2) is 18.2 Å². The van der Waals surface area contributed by atoms with Crippen LogP contribution in [-0.4, -0.2) is 32.3 Å². The van der Waals surface area contributed by atoms with Gasteiger partial charge in [0.05, 0.1) is 12.8 Å². The summed E-state index contributed by atoms with van der Waals surface area (Å²) in [6.07, 6.45) is 2.41. The molecule has 1 aromatic rings. The van der Waals surface area contributed by atoms with E-state index in [1.165, 1.54) is 24.1 Å². The van der Waals surface area contributed by atoms with E-state index in [1.54, 1.807) is 7.11 Å². The van der Waals surface area contributed by atoms with Crippen LogP contribution < -0.4 is 15.0 Å². The van der Waals surface area contributed by atoms with Crippen molar-refractivity contribution in [2.24, 2.45) is 0 Å². The Kier molecular flexibility index (Phi) is 4.70. The van der Waals surface area contributed by atoms with Gasteiger partial charge in [-0.3, -0.25) is 0 Å². The maximum atomic E-state index is 5.49. The Labute approximate surface area is 116 Å². The molecule has 1 saturated heterocycles. The largest absolute Gasteiger partial charge is 0.495 e. The normalized spacial score (nSPS) is 17.0. The van der Waals surface area contributed by atoms with E-state index in [9.17, 15) is 0 Å². The van der Waals surface area contributed by atoms with Crippen molar-refractivity contribution in [3.63, 3.8) is 0 Å². The number of rotatable bonds is 4. The number of methoxy groups -OCH3 is 1. The molecule has 3 heteroatoms. The van der Waals surface area contributed by atoms with Crippen molar-refractivity contribution in [3.8, 4) is 5.75 Å². The van der Waals surface area contributed by atoms with Crippen molar-refractivity contribution in [1.82, 2.24) is 5.32 Å². The van der Waals surface area contributed by atoms with Gasteiger partial charge >= 0.3 is 0 Å². The molecule has 3 nitrogen and oxygen atoms in total. The van der Waals surface area contributed by atoms with E-state index in [-0.39, 0.29) is 0 Å². The smallest absolute Gasteiger partial charge is 0.142 e. The van der Waals surface area contributed by atoms with E-state index >= 15 is 0 Å². The molecule has 106 valence electrons. The van der Waals surface area contributed by atoms with E-state index in [2.05, 4.69) is 49.2 Å². The van der Waals surface area contributed by atoms with Crippen LogP contribution in [0.5, 0.6) is 5.75 Å². The number of hydrogen-bond donors (Lipinski definition) is 1. The molecule has 1 heterocycles. The van der Waals surface area contributed by atoms with Crippen LogP contribution >= 0.6 is 0 Å². The van der Waals surface area contributed by atoms with Crippen LogP contribution in [-0.2, 0) is 0 Å². The molecular weight excluding hydrogens is 236 g/mol. The lowest BCUT2D eigenvalue weighted by Gasteiger charge is -2.35. The first-order valence-corrected chi connectivity index (χ1v) is 7.26. The zero-order valence-corrected chi connectivity index (χ0v) is 12.6. The van der Waals surface area contributed by atoms with Gasteiger partial charge in [-0.2, -0.15) is 0 Å². The molecule has 1 aliphatic heterocycles. The van der Waals surface area contributed by atoms with Crippen LogP contribution in [0.1, 0.15) is 32.3 Å². The highest BCUT2D eigenvalue weighted by molar-refractivity contribution is 5.60. The van der Waals surface area contributed by atoms with Crippen LogP contribution in [0, 0.1) is 6.92 Å². The number of aryl methyl sites for hydroxylation is 1. The molecule has 0 atom stereocenters. The molecule has 0 saturated carbocycles. The third-order valence-corrected chi connectivity index (χ3v) is 3.74. The van der Waals surface area contributed by atoms with Gasteiger partial charge in [-0.15, -0.1) is 0 Å². The zero-order valence-electron chi connectivity index (χ0n) is 12.6. The minimum atomic E-state index is 0.574. The number of benzene rings is 1. The summed E-state index contributed by atoms with van der Waals surface area (Å²) in [7, 11) is 1.75. The van der Waals surface area contributed by atoms with Crippen LogP contribution in [0.25, 0.3) is 0 Å². The van der Waals surface area contributed by atoms with Crippen molar-refractivity contribution >= 4 is 5.69 Å². The highest BCUT2D eigenvalue weighted by atomic mass is 16.5. The van der Waals surface area contributed by atoms with Crippen molar-refractivity contribution in [1.29, 1.82) is 0 Å². The lowest BCUT2D eigenvalue weighted by Crippen LogP contribution is -2.44. The third-order valence-electron chi connectivity index (χ3n) is 3.74. The molecule has 19 heavy (non-hydrogen) atoms. The molecule has 1 aliphatic rings. The molecule has 0 spiro atoms. The van der Waals surface area contributed by atoms with Crippen molar-refractivity contribution in [2.75, 3.05) is 25.1 Å². The fraction of sp³-hybridized carbons (Fsp3) is 0.625. The molecule has 0 radical (unpaired) electrons. The average molecular weight is 262 g/mol. The zero-order chi connectivity index (χ0) is 13.8. The topological polar surface area (TPSA) is 24.5 Å². The first-order valence-electron chi connectivity index (χ1n) is 7.26. The summed E-state index contributed by atoms with van der Waals surface area (Å²) >= 11 is 0. The third kappa shape index (κ3) is 3.63. The van der Waals surface area contributed by atoms with Gasteiger partial charge in [-0.25, -0.2) is 0 Å². The number of piperidine rings is 1. The molecule has 0 amide bonds. The van der Waals surface area contributed by atoms with E-state index in [0.717, 1.165) is 18.8 Å². The maximum absolute atomic E-state index is 5.49. The van der Waals surface area contributed by atoms with E-state index in [1.807, 2.05) is 0 Å². The second-order valence-electron chi connectivity index (χ2n) is 5.76. The summed E-state index contributed by atoms with van der Waals surface area (Å²) in [6, 6.07) is 7.64. The molecule has 0 unspecified atom stereocenters. The Bertz CT molecular complexity index is 409. The Hall–Kier alpha value is -1.22. The number of ether oxygens (including phenoxy) is 1. The lowest BCUT2D eigenvalue weighted by molar-refractivity contribution is 0.380. The number of anilines is 1. The average Bonchev–Trinajstić information content (AvgIpc) is 2.39. The number of nitrogens with one attached hydrogen (secondary N) is 1. The second kappa shape index (κ2) is 6.29. The van der Waals surface area contributed by atoms with Gasteiger partial charge in [0.25, 0.3) is 0 Å². The van der Waals surface area contributed by atoms with Gasteiger partial charge < -0.3 is 15.0 Å².